The highest BCUT2D eigenvalue weighted by molar-refractivity contribution is 5.64. The SMILES string of the molecule is C=C(CCCCCCCCC/C=C\C/C=C\CCC)c1cc(C)cc(CO)c1. The van der Waals surface area contributed by atoms with Crippen LogP contribution in [0, 0.1) is 6.92 Å². The number of aliphatic hydroxyl groups excluding tert-OH is 1. The Labute approximate surface area is 174 Å². The van der Waals surface area contributed by atoms with Crippen molar-refractivity contribution in [1.29, 1.82) is 0 Å². The molecule has 0 fully saturated rings. The Balaban J connectivity index is 2.00. The lowest BCUT2D eigenvalue weighted by atomic mass is 9.97. The first-order valence-corrected chi connectivity index (χ1v) is 11.4. The molecule has 1 aromatic rings. The van der Waals surface area contributed by atoms with Gasteiger partial charge in [0.15, 0.2) is 0 Å². The first kappa shape index (κ1) is 24.4. The number of aryl methyl sites for hydroxylation is 1. The molecule has 0 spiro atoms. The zero-order valence-corrected chi connectivity index (χ0v) is 18.4. The first-order valence-electron chi connectivity index (χ1n) is 11.4. The third kappa shape index (κ3) is 12.0. The van der Waals surface area contributed by atoms with E-state index < -0.39 is 0 Å². The molecule has 1 N–H and O–H groups in total. The number of rotatable bonds is 16. The van der Waals surface area contributed by atoms with E-state index in [1.807, 2.05) is 6.07 Å². The Morgan fingerprint density at radius 2 is 1.50 bits per heavy atom. The van der Waals surface area contributed by atoms with E-state index in [1.54, 1.807) is 0 Å². The summed E-state index contributed by atoms with van der Waals surface area (Å²) in [5.74, 6) is 0. The lowest BCUT2D eigenvalue weighted by Crippen LogP contribution is -1.91. The van der Waals surface area contributed by atoms with Crippen LogP contribution in [0.2, 0.25) is 0 Å². The van der Waals surface area contributed by atoms with Crippen molar-refractivity contribution in [1.82, 2.24) is 0 Å². The van der Waals surface area contributed by atoms with Crippen molar-refractivity contribution in [2.24, 2.45) is 0 Å². The second-order valence-electron chi connectivity index (χ2n) is 7.95. The fourth-order valence-corrected chi connectivity index (χ4v) is 3.46. The molecular weight excluding hydrogens is 340 g/mol. The molecular formula is C27H42O. The van der Waals surface area contributed by atoms with Gasteiger partial charge in [0.1, 0.15) is 0 Å². The van der Waals surface area contributed by atoms with Crippen LogP contribution < -0.4 is 0 Å². The van der Waals surface area contributed by atoms with Gasteiger partial charge < -0.3 is 5.11 Å². The zero-order chi connectivity index (χ0) is 20.5. The van der Waals surface area contributed by atoms with E-state index in [0.29, 0.717) is 0 Å². The molecule has 0 aliphatic heterocycles. The number of unbranched alkanes of at least 4 members (excludes halogenated alkanes) is 8. The summed E-state index contributed by atoms with van der Waals surface area (Å²) in [5.41, 5.74) is 4.58. The first-order chi connectivity index (χ1) is 13.7. The van der Waals surface area contributed by atoms with Crippen molar-refractivity contribution in [3.8, 4) is 0 Å². The fourth-order valence-electron chi connectivity index (χ4n) is 3.46. The molecule has 0 saturated carbocycles. The van der Waals surface area contributed by atoms with Gasteiger partial charge in [-0.1, -0.05) is 94.0 Å². The zero-order valence-electron chi connectivity index (χ0n) is 18.4. The van der Waals surface area contributed by atoms with Gasteiger partial charge in [0, 0.05) is 0 Å². The molecule has 156 valence electrons. The summed E-state index contributed by atoms with van der Waals surface area (Å²) >= 11 is 0. The maximum absolute atomic E-state index is 9.35. The van der Waals surface area contributed by atoms with Crippen molar-refractivity contribution in [2.75, 3.05) is 0 Å². The predicted octanol–water partition coefficient (Wildman–Crippen LogP) is 8.31. The average Bonchev–Trinajstić information content (AvgIpc) is 2.70. The number of aliphatic hydroxyl groups is 1. The van der Waals surface area contributed by atoms with E-state index >= 15 is 0 Å². The summed E-state index contributed by atoms with van der Waals surface area (Å²) in [6, 6.07) is 6.29. The van der Waals surface area contributed by atoms with Gasteiger partial charge in [-0.2, -0.15) is 0 Å². The predicted molar refractivity (Wildman–Crippen MR) is 125 cm³/mol. The Bertz CT molecular complexity index is 594. The maximum atomic E-state index is 9.35. The lowest BCUT2D eigenvalue weighted by molar-refractivity contribution is 0.281. The molecule has 1 aromatic carbocycles. The molecule has 0 bridgehead atoms. The molecule has 28 heavy (non-hydrogen) atoms. The number of allylic oxidation sites excluding steroid dienone is 5. The third-order valence-electron chi connectivity index (χ3n) is 5.14. The van der Waals surface area contributed by atoms with E-state index in [0.717, 1.165) is 18.4 Å². The summed E-state index contributed by atoms with van der Waals surface area (Å²) in [7, 11) is 0. The van der Waals surface area contributed by atoms with Crippen LogP contribution >= 0.6 is 0 Å². The summed E-state index contributed by atoms with van der Waals surface area (Å²) < 4.78 is 0. The minimum atomic E-state index is 0.105. The van der Waals surface area contributed by atoms with Crippen LogP contribution in [-0.2, 0) is 6.61 Å². The molecule has 1 nitrogen and oxygen atoms in total. The van der Waals surface area contributed by atoms with E-state index in [4.69, 9.17) is 0 Å². The van der Waals surface area contributed by atoms with Crippen LogP contribution in [0.4, 0.5) is 0 Å². The molecule has 0 amide bonds. The maximum Gasteiger partial charge on any atom is 0.0682 e. The summed E-state index contributed by atoms with van der Waals surface area (Å²) in [6.07, 6.45) is 24.3. The molecule has 0 unspecified atom stereocenters. The van der Waals surface area contributed by atoms with Gasteiger partial charge in [0.05, 0.1) is 6.61 Å². The van der Waals surface area contributed by atoms with Crippen LogP contribution in [0.5, 0.6) is 0 Å². The normalized spacial score (nSPS) is 11.7. The van der Waals surface area contributed by atoms with Gasteiger partial charge in [-0.25, -0.2) is 0 Å². The van der Waals surface area contributed by atoms with Gasteiger partial charge in [-0.3, -0.25) is 0 Å². The highest BCUT2D eigenvalue weighted by atomic mass is 16.3. The standard InChI is InChI=1S/C27H42O/c1-4-5-6-7-8-9-10-11-12-13-14-15-16-17-18-19-25(3)27-21-24(2)20-26(22-27)23-28/h6-7,9-10,20-22,28H,3-5,8,11-19,23H2,1-2H3/b7-6-,10-9-. The van der Waals surface area contributed by atoms with Gasteiger partial charge in [0.25, 0.3) is 0 Å². The van der Waals surface area contributed by atoms with Crippen molar-refractivity contribution < 1.29 is 5.11 Å². The fraction of sp³-hybridized carbons (Fsp3) is 0.556. The van der Waals surface area contributed by atoms with Crippen molar-refractivity contribution in [3.05, 3.63) is 65.8 Å². The quantitative estimate of drug-likeness (QED) is 0.225. The molecule has 0 aliphatic rings. The van der Waals surface area contributed by atoms with Crippen LogP contribution in [0.1, 0.15) is 101 Å². The highest BCUT2D eigenvalue weighted by Crippen LogP contribution is 2.22. The van der Waals surface area contributed by atoms with Crippen LogP contribution in [0.3, 0.4) is 0 Å². The van der Waals surface area contributed by atoms with Crippen molar-refractivity contribution in [2.45, 2.75) is 97.5 Å². The average molecular weight is 383 g/mol. The minimum Gasteiger partial charge on any atom is -0.392 e. The summed E-state index contributed by atoms with van der Waals surface area (Å²) in [6.45, 7) is 8.66. The molecule has 0 aliphatic carbocycles. The Kier molecular flexibility index (Phi) is 14.3. The highest BCUT2D eigenvalue weighted by Gasteiger charge is 2.02. The van der Waals surface area contributed by atoms with E-state index in [1.165, 1.54) is 80.9 Å². The smallest absolute Gasteiger partial charge is 0.0682 e. The Morgan fingerprint density at radius 3 is 2.18 bits per heavy atom. The minimum absolute atomic E-state index is 0.105. The molecule has 0 atom stereocenters. The molecule has 1 rings (SSSR count). The number of benzene rings is 1. The molecule has 0 radical (unpaired) electrons. The van der Waals surface area contributed by atoms with Crippen LogP contribution in [0.15, 0.2) is 49.1 Å². The van der Waals surface area contributed by atoms with Crippen molar-refractivity contribution in [3.63, 3.8) is 0 Å². The molecule has 0 aromatic heterocycles. The van der Waals surface area contributed by atoms with E-state index in [9.17, 15) is 5.11 Å². The van der Waals surface area contributed by atoms with E-state index in [-0.39, 0.29) is 6.61 Å². The van der Waals surface area contributed by atoms with Crippen LogP contribution in [-0.4, -0.2) is 5.11 Å². The summed E-state index contributed by atoms with van der Waals surface area (Å²) in [5, 5.41) is 9.35. The largest absolute Gasteiger partial charge is 0.392 e. The van der Waals surface area contributed by atoms with Gasteiger partial charge in [-0.05, 0) is 68.2 Å². The van der Waals surface area contributed by atoms with Gasteiger partial charge in [-0.15, -0.1) is 0 Å². The lowest BCUT2D eigenvalue weighted by Gasteiger charge is -2.09. The van der Waals surface area contributed by atoms with Gasteiger partial charge >= 0.3 is 0 Å². The second kappa shape index (κ2) is 16.4. The second-order valence-corrected chi connectivity index (χ2v) is 7.95. The molecule has 1 heteroatoms. The molecule has 0 heterocycles. The van der Waals surface area contributed by atoms with Crippen molar-refractivity contribution >= 4 is 5.57 Å². The topological polar surface area (TPSA) is 20.2 Å². The van der Waals surface area contributed by atoms with Crippen LogP contribution in [0.25, 0.3) is 5.57 Å². The van der Waals surface area contributed by atoms with E-state index in [2.05, 4.69) is 56.9 Å². The number of hydrogen-bond donors (Lipinski definition) is 1. The monoisotopic (exact) mass is 382 g/mol. The number of hydrogen-bond acceptors (Lipinski definition) is 1. The third-order valence-corrected chi connectivity index (χ3v) is 5.14. The molecule has 0 saturated heterocycles. The van der Waals surface area contributed by atoms with Gasteiger partial charge in [0.2, 0.25) is 0 Å². The Morgan fingerprint density at radius 1 is 0.857 bits per heavy atom. The Hall–Kier alpha value is -1.60. The summed E-state index contributed by atoms with van der Waals surface area (Å²) in [4.78, 5) is 0.